The van der Waals surface area contributed by atoms with Crippen LogP contribution in [0.3, 0.4) is 0 Å². The molecule has 3 aliphatic rings. The zero-order valence-electron chi connectivity index (χ0n) is 19.9. The van der Waals surface area contributed by atoms with Crippen LogP contribution in [0.4, 0.5) is 0 Å². The number of nitrogens with one attached hydrogen (secondary N) is 1. The summed E-state index contributed by atoms with van der Waals surface area (Å²) in [6, 6.07) is 0. The van der Waals surface area contributed by atoms with Crippen molar-refractivity contribution >= 4 is 5.91 Å². The van der Waals surface area contributed by atoms with E-state index in [1.807, 2.05) is 0 Å². The van der Waals surface area contributed by atoms with E-state index < -0.39 is 0 Å². The number of carbonyl (C=O) groups is 1. The van der Waals surface area contributed by atoms with Gasteiger partial charge in [-0.25, -0.2) is 0 Å². The number of aromatic nitrogens is 2. The Morgan fingerprint density at radius 1 is 1.03 bits per heavy atom. The Morgan fingerprint density at radius 3 is 2.38 bits per heavy atom. The van der Waals surface area contributed by atoms with Crippen LogP contribution in [0.15, 0.2) is 4.52 Å². The van der Waals surface area contributed by atoms with Crippen molar-refractivity contribution in [3.05, 3.63) is 11.7 Å². The summed E-state index contributed by atoms with van der Waals surface area (Å²) in [5.74, 6) is 1.87. The van der Waals surface area contributed by atoms with Crippen molar-refractivity contribution in [3.8, 4) is 0 Å². The van der Waals surface area contributed by atoms with Crippen molar-refractivity contribution in [2.24, 2.45) is 0 Å². The first kappa shape index (κ1) is 23.6. The molecule has 2 aliphatic heterocycles. The zero-order valence-corrected chi connectivity index (χ0v) is 19.9. The molecule has 1 amide bonds. The third-order valence-corrected chi connectivity index (χ3v) is 7.27. The van der Waals surface area contributed by atoms with Gasteiger partial charge >= 0.3 is 0 Å². The fourth-order valence-corrected chi connectivity index (χ4v) is 5.24. The molecule has 0 atom stereocenters. The molecule has 2 saturated heterocycles. The van der Waals surface area contributed by atoms with Crippen LogP contribution in [-0.4, -0.2) is 102 Å². The molecule has 0 bridgehead atoms. The molecule has 0 radical (unpaired) electrons. The summed E-state index contributed by atoms with van der Waals surface area (Å²) in [5.41, 5.74) is 0.120. The summed E-state index contributed by atoms with van der Waals surface area (Å²) in [4.78, 5) is 24.4. The molecule has 4 rings (SSSR count). The number of hydrogen-bond acceptors (Lipinski definition) is 8. The highest BCUT2D eigenvalue weighted by molar-refractivity contribution is 5.78. The van der Waals surface area contributed by atoms with E-state index in [1.165, 1.54) is 32.1 Å². The van der Waals surface area contributed by atoms with Crippen molar-refractivity contribution < 1.29 is 14.1 Å². The normalized spacial score (nSPS) is 23.5. The van der Waals surface area contributed by atoms with E-state index >= 15 is 0 Å². The summed E-state index contributed by atoms with van der Waals surface area (Å²) >= 11 is 0. The van der Waals surface area contributed by atoms with E-state index in [1.54, 1.807) is 0 Å². The predicted molar refractivity (Wildman–Crippen MR) is 121 cm³/mol. The van der Waals surface area contributed by atoms with E-state index in [9.17, 15) is 4.79 Å². The van der Waals surface area contributed by atoms with Crippen LogP contribution in [0.5, 0.6) is 0 Å². The Bertz CT molecular complexity index is 719. The van der Waals surface area contributed by atoms with Gasteiger partial charge in [0.2, 0.25) is 11.8 Å². The Hall–Kier alpha value is -1.55. The number of ether oxygens (including phenoxy) is 1. The number of nitrogens with zero attached hydrogens (tertiary/aromatic N) is 5. The standard InChI is InChI=1S/C23H40N6O3/c1-19(2)22-25-21(32-26-22)17-28-10-8-27(9-11-28)16-20(30)24-18-23(6-4-3-5-7-23)29-12-14-31-15-13-29/h19H,3-18H2,1-2H3,(H,24,30). The second-order valence-electron chi connectivity index (χ2n) is 9.91. The van der Waals surface area contributed by atoms with Gasteiger partial charge < -0.3 is 14.6 Å². The van der Waals surface area contributed by atoms with Crippen LogP contribution < -0.4 is 5.32 Å². The fourth-order valence-electron chi connectivity index (χ4n) is 5.24. The minimum Gasteiger partial charge on any atom is -0.379 e. The van der Waals surface area contributed by atoms with Gasteiger partial charge in [-0.2, -0.15) is 4.98 Å². The van der Waals surface area contributed by atoms with Crippen LogP contribution in [0, 0.1) is 0 Å². The molecule has 180 valence electrons. The molecule has 32 heavy (non-hydrogen) atoms. The SMILES string of the molecule is CC(C)c1noc(CN2CCN(CC(=O)NCC3(N4CCOCC4)CCCCC3)CC2)n1. The second-order valence-corrected chi connectivity index (χ2v) is 9.91. The van der Waals surface area contributed by atoms with Crippen LogP contribution in [-0.2, 0) is 16.1 Å². The lowest BCUT2D eigenvalue weighted by molar-refractivity contribution is -0.124. The van der Waals surface area contributed by atoms with Gasteiger partial charge in [0.05, 0.1) is 26.3 Å². The summed E-state index contributed by atoms with van der Waals surface area (Å²) in [7, 11) is 0. The summed E-state index contributed by atoms with van der Waals surface area (Å²) < 4.78 is 10.9. The summed E-state index contributed by atoms with van der Waals surface area (Å²) in [5, 5.41) is 7.34. The molecular weight excluding hydrogens is 408 g/mol. The van der Waals surface area contributed by atoms with Crippen molar-refractivity contribution in [3.63, 3.8) is 0 Å². The van der Waals surface area contributed by atoms with Crippen molar-refractivity contribution in [2.75, 3.05) is 65.6 Å². The second kappa shape index (κ2) is 11.0. The van der Waals surface area contributed by atoms with Gasteiger partial charge in [0, 0.05) is 57.3 Å². The third kappa shape index (κ3) is 6.07. The molecule has 1 aromatic heterocycles. The molecular formula is C23H40N6O3. The van der Waals surface area contributed by atoms with E-state index in [2.05, 4.69) is 44.0 Å². The van der Waals surface area contributed by atoms with Gasteiger partial charge in [0.15, 0.2) is 5.82 Å². The van der Waals surface area contributed by atoms with Gasteiger partial charge in [0.1, 0.15) is 0 Å². The molecule has 1 aromatic rings. The van der Waals surface area contributed by atoms with E-state index in [-0.39, 0.29) is 17.4 Å². The number of morpholine rings is 1. The number of carbonyl (C=O) groups excluding carboxylic acids is 1. The van der Waals surface area contributed by atoms with E-state index in [4.69, 9.17) is 9.26 Å². The smallest absolute Gasteiger partial charge is 0.240 e. The number of amides is 1. The lowest BCUT2D eigenvalue weighted by Gasteiger charge is -2.48. The van der Waals surface area contributed by atoms with E-state index in [0.717, 1.165) is 64.9 Å². The molecule has 0 aromatic carbocycles. The first-order chi connectivity index (χ1) is 15.5. The Balaban J connectivity index is 1.20. The third-order valence-electron chi connectivity index (χ3n) is 7.27. The van der Waals surface area contributed by atoms with Crippen molar-refractivity contribution in [1.82, 2.24) is 30.2 Å². The average Bonchev–Trinajstić information content (AvgIpc) is 3.29. The van der Waals surface area contributed by atoms with Gasteiger partial charge in [-0.3, -0.25) is 19.5 Å². The minimum atomic E-state index is 0.120. The minimum absolute atomic E-state index is 0.120. The monoisotopic (exact) mass is 448 g/mol. The molecule has 9 nitrogen and oxygen atoms in total. The molecule has 0 spiro atoms. The van der Waals surface area contributed by atoms with Gasteiger partial charge in [-0.15, -0.1) is 0 Å². The largest absolute Gasteiger partial charge is 0.379 e. The van der Waals surface area contributed by atoms with Crippen LogP contribution >= 0.6 is 0 Å². The highest BCUT2D eigenvalue weighted by Gasteiger charge is 2.38. The van der Waals surface area contributed by atoms with Gasteiger partial charge in [-0.1, -0.05) is 38.3 Å². The molecule has 3 heterocycles. The van der Waals surface area contributed by atoms with Crippen molar-refractivity contribution in [2.45, 2.75) is 64.0 Å². The maximum absolute atomic E-state index is 12.8. The predicted octanol–water partition coefficient (Wildman–Crippen LogP) is 1.46. The summed E-state index contributed by atoms with van der Waals surface area (Å²) in [6.07, 6.45) is 6.19. The molecule has 0 unspecified atom stereocenters. The molecule has 1 N–H and O–H groups in total. The molecule has 3 fully saturated rings. The number of piperazine rings is 1. The lowest BCUT2D eigenvalue weighted by Crippen LogP contribution is -2.60. The highest BCUT2D eigenvalue weighted by atomic mass is 16.5. The molecule has 1 saturated carbocycles. The first-order valence-corrected chi connectivity index (χ1v) is 12.4. The topological polar surface area (TPSA) is 87.0 Å². The molecule has 1 aliphatic carbocycles. The quantitative estimate of drug-likeness (QED) is 0.640. The fraction of sp³-hybridized carbons (Fsp3) is 0.870. The number of hydrogen-bond donors (Lipinski definition) is 1. The van der Waals surface area contributed by atoms with Crippen LogP contribution in [0.1, 0.15) is 63.6 Å². The zero-order chi connectivity index (χ0) is 22.4. The summed E-state index contributed by atoms with van der Waals surface area (Å²) in [6.45, 7) is 13.2. The van der Waals surface area contributed by atoms with E-state index in [0.29, 0.717) is 19.0 Å². The Kier molecular flexibility index (Phi) is 8.15. The van der Waals surface area contributed by atoms with Gasteiger partial charge in [-0.05, 0) is 12.8 Å². The Morgan fingerprint density at radius 2 is 1.72 bits per heavy atom. The maximum Gasteiger partial charge on any atom is 0.240 e. The highest BCUT2D eigenvalue weighted by Crippen LogP contribution is 2.33. The Labute approximate surface area is 191 Å². The number of rotatable bonds is 8. The maximum atomic E-state index is 12.8. The molecule has 9 heteroatoms. The van der Waals surface area contributed by atoms with Gasteiger partial charge in [0.25, 0.3) is 0 Å². The van der Waals surface area contributed by atoms with Crippen LogP contribution in [0.25, 0.3) is 0 Å². The average molecular weight is 449 g/mol. The lowest BCUT2D eigenvalue weighted by atomic mass is 9.79. The van der Waals surface area contributed by atoms with Crippen molar-refractivity contribution in [1.29, 1.82) is 0 Å². The first-order valence-electron chi connectivity index (χ1n) is 12.4. The van der Waals surface area contributed by atoms with Crippen LogP contribution in [0.2, 0.25) is 0 Å².